The van der Waals surface area contributed by atoms with Crippen LogP contribution in [0.15, 0.2) is 22.7 Å². The van der Waals surface area contributed by atoms with Gasteiger partial charge in [0.2, 0.25) is 5.82 Å². The molecule has 20 heavy (non-hydrogen) atoms. The highest BCUT2D eigenvalue weighted by Gasteiger charge is 2.19. The summed E-state index contributed by atoms with van der Waals surface area (Å²) in [5, 5.41) is 13.6. The van der Waals surface area contributed by atoms with Crippen molar-refractivity contribution in [3.63, 3.8) is 0 Å². The molecule has 0 fully saturated rings. The number of hydrogen-bond donors (Lipinski definition) is 1. The van der Waals surface area contributed by atoms with Gasteiger partial charge in [0, 0.05) is 12.2 Å². The van der Waals surface area contributed by atoms with E-state index in [0.717, 1.165) is 12.8 Å². The molecule has 0 aliphatic carbocycles. The summed E-state index contributed by atoms with van der Waals surface area (Å²) in [7, 11) is 0. The minimum Gasteiger partial charge on any atom is -0.506 e. The molecule has 108 valence electrons. The van der Waals surface area contributed by atoms with Crippen molar-refractivity contribution in [2.45, 2.75) is 32.8 Å². The first kappa shape index (κ1) is 14.8. The van der Waals surface area contributed by atoms with Gasteiger partial charge in [0.05, 0.1) is 5.02 Å². The Morgan fingerprint density at radius 3 is 2.85 bits per heavy atom. The Morgan fingerprint density at radius 2 is 2.20 bits per heavy atom. The molecule has 6 heteroatoms. The van der Waals surface area contributed by atoms with Crippen LogP contribution < -0.4 is 0 Å². The molecule has 0 aliphatic rings. The van der Waals surface area contributed by atoms with Crippen molar-refractivity contribution in [2.75, 3.05) is 6.61 Å². The summed E-state index contributed by atoms with van der Waals surface area (Å²) in [6.45, 7) is 4.61. The molecule has 2 rings (SSSR count). The topological polar surface area (TPSA) is 68.4 Å². The number of hydrogen-bond acceptors (Lipinski definition) is 5. The van der Waals surface area contributed by atoms with Gasteiger partial charge in [-0.1, -0.05) is 30.1 Å². The number of aromatic hydroxyl groups is 1. The fourth-order valence-corrected chi connectivity index (χ4v) is 2.05. The SMILES string of the molecule is CCCC(OCC)c1noc(-c2ccc(O)c(Cl)c2)n1. The zero-order chi connectivity index (χ0) is 14.5. The predicted octanol–water partition coefficient (Wildman–Crippen LogP) is 3.97. The average Bonchev–Trinajstić information content (AvgIpc) is 2.91. The van der Waals surface area contributed by atoms with Crippen LogP contribution in [0, 0.1) is 0 Å². The van der Waals surface area contributed by atoms with Gasteiger partial charge in [-0.05, 0) is 31.5 Å². The lowest BCUT2D eigenvalue weighted by Crippen LogP contribution is -2.05. The Hall–Kier alpha value is -1.59. The molecule has 0 radical (unpaired) electrons. The van der Waals surface area contributed by atoms with E-state index in [4.69, 9.17) is 20.9 Å². The smallest absolute Gasteiger partial charge is 0.258 e. The van der Waals surface area contributed by atoms with Crippen LogP contribution in [0.2, 0.25) is 5.02 Å². The summed E-state index contributed by atoms with van der Waals surface area (Å²) in [5.74, 6) is 0.920. The molecule has 0 saturated heterocycles. The van der Waals surface area contributed by atoms with Crippen LogP contribution in [0.25, 0.3) is 11.5 Å². The van der Waals surface area contributed by atoms with Crippen molar-refractivity contribution in [2.24, 2.45) is 0 Å². The average molecular weight is 297 g/mol. The first-order valence-electron chi connectivity index (χ1n) is 6.59. The van der Waals surface area contributed by atoms with Gasteiger partial charge in [-0.3, -0.25) is 0 Å². The number of rotatable bonds is 6. The second-order valence-electron chi connectivity index (χ2n) is 4.36. The third kappa shape index (κ3) is 3.29. The van der Waals surface area contributed by atoms with Crippen LogP contribution >= 0.6 is 11.6 Å². The maximum atomic E-state index is 9.41. The summed E-state index contributed by atoms with van der Waals surface area (Å²) >= 11 is 5.87. The van der Waals surface area contributed by atoms with E-state index in [9.17, 15) is 5.11 Å². The lowest BCUT2D eigenvalue weighted by atomic mass is 10.2. The van der Waals surface area contributed by atoms with Crippen LogP contribution in [0.5, 0.6) is 5.75 Å². The molecule has 1 atom stereocenters. The normalized spacial score (nSPS) is 12.6. The lowest BCUT2D eigenvalue weighted by molar-refractivity contribution is 0.0478. The van der Waals surface area contributed by atoms with Crippen LogP contribution in [-0.4, -0.2) is 21.9 Å². The van der Waals surface area contributed by atoms with Crippen molar-refractivity contribution in [1.82, 2.24) is 10.1 Å². The molecule has 1 heterocycles. The number of phenols is 1. The van der Waals surface area contributed by atoms with Gasteiger partial charge in [0.25, 0.3) is 5.89 Å². The van der Waals surface area contributed by atoms with E-state index in [1.807, 2.05) is 6.92 Å². The second kappa shape index (κ2) is 6.72. The summed E-state index contributed by atoms with van der Waals surface area (Å²) in [5.41, 5.74) is 0.665. The first-order valence-corrected chi connectivity index (χ1v) is 6.97. The van der Waals surface area contributed by atoms with Gasteiger partial charge in [-0.2, -0.15) is 4.98 Å². The molecule has 1 N–H and O–H groups in total. The van der Waals surface area contributed by atoms with Crippen LogP contribution in [0.4, 0.5) is 0 Å². The lowest BCUT2D eigenvalue weighted by Gasteiger charge is -2.11. The van der Waals surface area contributed by atoms with Gasteiger partial charge < -0.3 is 14.4 Å². The standard InChI is InChI=1S/C14H17ClN2O3/c1-3-5-12(19-4-2)13-16-14(20-17-13)9-6-7-11(18)10(15)8-9/h6-8,12,18H,3-5H2,1-2H3. The quantitative estimate of drug-likeness (QED) is 0.873. The van der Waals surface area contributed by atoms with E-state index in [2.05, 4.69) is 17.1 Å². The van der Waals surface area contributed by atoms with Crippen molar-refractivity contribution < 1.29 is 14.4 Å². The molecule has 0 spiro atoms. The molecule has 2 aromatic rings. The molecule has 0 aliphatic heterocycles. The van der Waals surface area contributed by atoms with Crippen molar-refractivity contribution >= 4 is 11.6 Å². The van der Waals surface area contributed by atoms with Gasteiger partial charge in [-0.25, -0.2) is 0 Å². The minimum atomic E-state index is -0.157. The maximum absolute atomic E-state index is 9.41. The number of halogens is 1. The summed E-state index contributed by atoms with van der Waals surface area (Å²) in [6, 6.07) is 4.76. The van der Waals surface area contributed by atoms with Crippen molar-refractivity contribution in [3.8, 4) is 17.2 Å². The van der Waals surface area contributed by atoms with E-state index >= 15 is 0 Å². The molecular formula is C14H17ClN2O3. The fraction of sp³-hybridized carbons (Fsp3) is 0.429. The van der Waals surface area contributed by atoms with E-state index in [1.165, 1.54) is 6.07 Å². The minimum absolute atomic E-state index is 0.0216. The Balaban J connectivity index is 2.24. The van der Waals surface area contributed by atoms with Crippen LogP contribution in [0.1, 0.15) is 38.6 Å². The third-order valence-electron chi connectivity index (χ3n) is 2.84. The second-order valence-corrected chi connectivity index (χ2v) is 4.76. The van der Waals surface area contributed by atoms with Crippen molar-refractivity contribution in [1.29, 1.82) is 0 Å². The van der Waals surface area contributed by atoms with Crippen molar-refractivity contribution in [3.05, 3.63) is 29.0 Å². The highest BCUT2D eigenvalue weighted by atomic mass is 35.5. The van der Waals surface area contributed by atoms with Crippen LogP contribution in [-0.2, 0) is 4.74 Å². The number of benzene rings is 1. The third-order valence-corrected chi connectivity index (χ3v) is 3.15. The zero-order valence-corrected chi connectivity index (χ0v) is 12.2. The summed E-state index contributed by atoms with van der Waals surface area (Å²) < 4.78 is 10.8. The van der Waals surface area contributed by atoms with Gasteiger partial charge in [0.1, 0.15) is 11.9 Å². The first-order chi connectivity index (χ1) is 9.65. The Morgan fingerprint density at radius 1 is 1.40 bits per heavy atom. The van der Waals surface area contributed by atoms with Gasteiger partial charge in [0.15, 0.2) is 0 Å². The number of aromatic nitrogens is 2. The largest absolute Gasteiger partial charge is 0.506 e. The number of ether oxygens (including phenoxy) is 1. The van der Waals surface area contributed by atoms with Crippen LogP contribution in [0.3, 0.4) is 0 Å². The maximum Gasteiger partial charge on any atom is 0.258 e. The molecular weight excluding hydrogens is 280 g/mol. The monoisotopic (exact) mass is 296 g/mol. The molecule has 0 bridgehead atoms. The molecule has 0 amide bonds. The zero-order valence-electron chi connectivity index (χ0n) is 11.5. The molecule has 0 saturated carbocycles. The highest BCUT2D eigenvalue weighted by molar-refractivity contribution is 6.32. The predicted molar refractivity (Wildman–Crippen MR) is 75.7 cm³/mol. The Kier molecular flexibility index (Phi) is 4.98. The molecule has 5 nitrogen and oxygen atoms in total. The van der Waals surface area contributed by atoms with E-state index in [0.29, 0.717) is 23.9 Å². The van der Waals surface area contributed by atoms with E-state index in [1.54, 1.807) is 12.1 Å². The van der Waals surface area contributed by atoms with Gasteiger partial charge in [-0.15, -0.1) is 0 Å². The fourth-order valence-electron chi connectivity index (χ4n) is 1.87. The Bertz CT molecular complexity index is 565. The molecule has 1 aromatic carbocycles. The van der Waals surface area contributed by atoms with E-state index < -0.39 is 0 Å². The molecule has 1 unspecified atom stereocenters. The number of phenolic OH excluding ortho intramolecular Hbond substituents is 1. The van der Waals surface area contributed by atoms with Gasteiger partial charge >= 0.3 is 0 Å². The highest BCUT2D eigenvalue weighted by Crippen LogP contribution is 2.29. The number of nitrogens with zero attached hydrogens (tertiary/aromatic N) is 2. The molecule has 1 aromatic heterocycles. The Labute approximate surface area is 122 Å². The van der Waals surface area contributed by atoms with E-state index in [-0.39, 0.29) is 16.9 Å². The summed E-state index contributed by atoms with van der Waals surface area (Å²) in [6.07, 6.45) is 1.65. The summed E-state index contributed by atoms with van der Waals surface area (Å²) in [4.78, 5) is 4.35.